The van der Waals surface area contributed by atoms with E-state index in [2.05, 4.69) is 35.2 Å². The van der Waals surface area contributed by atoms with Gasteiger partial charge in [0.15, 0.2) is 0 Å². The fraction of sp³-hybridized carbons (Fsp3) is 0.650. The molecule has 3 rings (SSSR count). The van der Waals surface area contributed by atoms with Crippen molar-refractivity contribution < 1.29 is 9.53 Å². The van der Waals surface area contributed by atoms with Crippen LogP contribution in [0.2, 0.25) is 0 Å². The Labute approximate surface area is 145 Å². The Bertz CT molecular complexity index is 534. The molecule has 0 saturated carbocycles. The van der Waals surface area contributed by atoms with Gasteiger partial charge in [-0.3, -0.25) is 4.79 Å². The quantitative estimate of drug-likeness (QED) is 0.830. The largest absolute Gasteiger partial charge is 0.384 e. The SMILES string of the molecule is COC[C@@H]1CN(C)C(=O)[C@H]2CCN(CCc3ccccc3)CC[C@@H]12. The Morgan fingerprint density at radius 3 is 2.67 bits per heavy atom. The van der Waals surface area contributed by atoms with E-state index in [9.17, 15) is 4.79 Å². The summed E-state index contributed by atoms with van der Waals surface area (Å²) in [6.07, 6.45) is 3.20. The topological polar surface area (TPSA) is 32.8 Å². The maximum Gasteiger partial charge on any atom is 0.225 e. The van der Waals surface area contributed by atoms with E-state index in [1.165, 1.54) is 5.56 Å². The third kappa shape index (κ3) is 3.98. The van der Waals surface area contributed by atoms with Crippen LogP contribution in [-0.4, -0.2) is 62.7 Å². The maximum absolute atomic E-state index is 12.6. The highest BCUT2D eigenvalue weighted by Gasteiger charge is 2.42. The first-order chi connectivity index (χ1) is 11.7. The van der Waals surface area contributed by atoms with Crippen LogP contribution in [0.1, 0.15) is 18.4 Å². The van der Waals surface area contributed by atoms with Gasteiger partial charge in [0.1, 0.15) is 0 Å². The summed E-state index contributed by atoms with van der Waals surface area (Å²) in [5.74, 6) is 1.50. The number of ether oxygens (including phenoxy) is 1. The van der Waals surface area contributed by atoms with Gasteiger partial charge in [0.25, 0.3) is 0 Å². The fourth-order valence-corrected chi connectivity index (χ4v) is 4.46. The second-order valence-electron chi connectivity index (χ2n) is 7.36. The molecule has 132 valence electrons. The predicted molar refractivity (Wildman–Crippen MR) is 95.8 cm³/mol. The van der Waals surface area contributed by atoms with Gasteiger partial charge in [0, 0.05) is 39.1 Å². The average Bonchev–Trinajstić information content (AvgIpc) is 2.82. The summed E-state index contributed by atoms with van der Waals surface area (Å²) in [4.78, 5) is 17.1. The summed E-state index contributed by atoms with van der Waals surface area (Å²) in [5.41, 5.74) is 1.40. The number of carbonyl (C=O) groups excluding carboxylic acids is 1. The Balaban J connectivity index is 1.61. The first-order valence-corrected chi connectivity index (χ1v) is 9.19. The number of hydrogen-bond donors (Lipinski definition) is 0. The van der Waals surface area contributed by atoms with Crippen LogP contribution in [0.5, 0.6) is 0 Å². The highest BCUT2D eigenvalue weighted by molar-refractivity contribution is 5.79. The molecular formula is C20H30N2O2. The van der Waals surface area contributed by atoms with E-state index in [0.29, 0.717) is 17.7 Å². The van der Waals surface area contributed by atoms with E-state index < -0.39 is 0 Å². The van der Waals surface area contributed by atoms with Crippen molar-refractivity contribution in [3.63, 3.8) is 0 Å². The molecule has 0 aromatic heterocycles. The number of piperidine rings is 1. The molecule has 4 nitrogen and oxygen atoms in total. The van der Waals surface area contributed by atoms with Crippen molar-refractivity contribution in [2.75, 3.05) is 46.9 Å². The van der Waals surface area contributed by atoms with Crippen LogP contribution in [0.15, 0.2) is 30.3 Å². The van der Waals surface area contributed by atoms with Crippen molar-refractivity contribution in [3.05, 3.63) is 35.9 Å². The molecule has 0 bridgehead atoms. The van der Waals surface area contributed by atoms with Gasteiger partial charge in [-0.25, -0.2) is 0 Å². The molecule has 1 aromatic carbocycles. The average molecular weight is 330 g/mol. The minimum Gasteiger partial charge on any atom is -0.384 e. The number of nitrogens with zero attached hydrogens (tertiary/aromatic N) is 2. The predicted octanol–water partition coefficient (Wildman–Crippen LogP) is 2.29. The number of methoxy groups -OCH3 is 1. The third-order valence-electron chi connectivity index (χ3n) is 5.80. The van der Waals surface area contributed by atoms with E-state index in [-0.39, 0.29) is 5.92 Å². The second kappa shape index (κ2) is 8.13. The summed E-state index contributed by atoms with van der Waals surface area (Å²) >= 11 is 0. The van der Waals surface area contributed by atoms with Crippen LogP contribution < -0.4 is 0 Å². The molecule has 2 aliphatic rings. The van der Waals surface area contributed by atoms with E-state index >= 15 is 0 Å². The molecule has 3 atom stereocenters. The summed E-state index contributed by atoms with van der Waals surface area (Å²) < 4.78 is 5.44. The number of hydrogen-bond acceptors (Lipinski definition) is 3. The Morgan fingerprint density at radius 2 is 1.92 bits per heavy atom. The standard InChI is InChI=1S/C20H30N2O2/c1-21-14-17(15-24-2)18-9-12-22(13-10-19(18)20(21)23)11-8-16-6-4-3-5-7-16/h3-7,17-19H,8-15H2,1-2H3/t17-,18-,19-/m0/s1. The summed E-state index contributed by atoms with van der Waals surface area (Å²) in [6.45, 7) is 4.83. The molecular weight excluding hydrogens is 300 g/mol. The van der Waals surface area contributed by atoms with Crippen LogP contribution in [0.25, 0.3) is 0 Å². The van der Waals surface area contributed by atoms with Gasteiger partial charge in [-0.1, -0.05) is 30.3 Å². The number of rotatable bonds is 5. The molecule has 2 saturated heterocycles. The van der Waals surface area contributed by atoms with Crippen molar-refractivity contribution in [1.29, 1.82) is 0 Å². The first-order valence-electron chi connectivity index (χ1n) is 9.19. The molecule has 0 unspecified atom stereocenters. The highest BCUT2D eigenvalue weighted by atomic mass is 16.5. The van der Waals surface area contributed by atoms with Gasteiger partial charge in [-0.15, -0.1) is 0 Å². The van der Waals surface area contributed by atoms with Crippen LogP contribution in [0.3, 0.4) is 0 Å². The monoisotopic (exact) mass is 330 g/mol. The van der Waals surface area contributed by atoms with Crippen LogP contribution in [0.4, 0.5) is 0 Å². The van der Waals surface area contributed by atoms with Crippen molar-refractivity contribution in [1.82, 2.24) is 9.80 Å². The van der Waals surface area contributed by atoms with Gasteiger partial charge in [0.05, 0.1) is 6.61 Å². The lowest BCUT2D eigenvalue weighted by atomic mass is 9.75. The van der Waals surface area contributed by atoms with Crippen molar-refractivity contribution >= 4 is 5.91 Å². The Hall–Kier alpha value is -1.39. The molecule has 0 aliphatic carbocycles. The highest BCUT2D eigenvalue weighted by Crippen LogP contribution is 2.36. The smallest absolute Gasteiger partial charge is 0.225 e. The van der Waals surface area contributed by atoms with Crippen LogP contribution in [-0.2, 0) is 16.0 Å². The lowest BCUT2D eigenvalue weighted by molar-refractivity contribution is -0.143. The van der Waals surface area contributed by atoms with Gasteiger partial charge in [0.2, 0.25) is 5.91 Å². The molecule has 2 aliphatic heterocycles. The van der Waals surface area contributed by atoms with Gasteiger partial charge >= 0.3 is 0 Å². The molecule has 0 spiro atoms. The zero-order valence-corrected chi connectivity index (χ0v) is 15.0. The van der Waals surface area contributed by atoms with Gasteiger partial charge in [-0.2, -0.15) is 0 Å². The summed E-state index contributed by atoms with van der Waals surface area (Å²) in [6, 6.07) is 10.7. The van der Waals surface area contributed by atoms with E-state index in [1.807, 2.05) is 11.9 Å². The molecule has 4 heteroatoms. The van der Waals surface area contributed by atoms with Crippen LogP contribution >= 0.6 is 0 Å². The minimum absolute atomic E-state index is 0.186. The molecule has 0 N–H and O–H groups in total. The molecule has 24 heavy (non-hydrogen) atoms. The van der Waals surface area contributed by atoms with Crippen molar-refractivity contribution in [2.45, 2.75) is 19.3 Å². The van der Waals surface area contributed by atoms with E-state index in [0.717, 1.165) is 52.0 Å². The molecule has 1 amide bonds. The lowest BCUT2D eigenvalue weighted by Crippen LogP contribution is -2.49. The maximum atomic E-state index is 12.6. The Morgan fingerprint density at radius 1 is 1.17 bits per heavy atom. The number of benzene rings is 1. The van der Waals surface area contributed by atoms with Gasteiger partial charge < -0.3 is 14.5 Å². The fourth-order valence-electron chi connectivity index (χ4n) is 4.46. The molecule has 2 fully saturated rings. The second-order valence-corrected chi connectivity index (χ2v) is 7.36. The number of fused-ring (bicyclic) bond motifs is 1. The molecule has 0 radical (unpaired) electrons. The third-order valence-corrected chi connectivity index (χ3v) is 5.80. The van der Waals surface area contributed by atoms with Crippen molar-refractivity contribution in [2.24, 2.45) is 17.8 Å². The first kappa shape index (κ1) is 17.4. The molecule has 2 heterocycles. The number of amides is 1. The zero-order valence-electron chi connectivity index (χ0n) is 15.0. The Kier molecular flexibility index (Phi) is 5.90. The summed E-state index contributed by atoms with van der Waals surface area (Å²) in [7, 11) is 3.72. The zero-order chi connectivity index (χ0) is 16.9. The number of carbonyl (C=O) groups is 1. The van der Waals surface area contributed by atoms with E-state index in [4.69, 9.17) is 4.74 Å². The van der Waals surface area contributed by atoms with Crippen molar-refractivity contribution in [3.8, 4) is 0 Å². The van der Waals surface area contributed by atoms with Gasteiger partial charge in [-0.05, 0) is 43.8 Å². The minimum atomic E-state index is 0.186. The summed E-state index contributed by atoms with van der Waals surface area (Å²) in [5, 5.41) is 0. The molecule has 1 aromatic rings. The van der Waals surface area contributed by atoms with E-state index in [1.54, 1.807) is 7.11 Å². The lowest BCUT2D eigenvalue weighted by Gasteiger charge is -2.40. The van der Waals surface area contributed by atoms with Crippen LogP contribution in [0, 0.1) is 17.8 Å². The number of likely N-dealkylation sites (tertiary alicyclic amines) is 2. The normalized spacial score (nSPS) is 28.5.